The number of hydrogen-bond acceptors (Lipinski definition) is 4. The monoisotopic (exact) mass is 445 g/mol. The van der Waals surface area contributed by atoms with Crippen LogP contribution in [0, 0.1) is 0 Å². The Morgan fingerprint density at radius 1 is 0.906 bits per heavy atom. The lowest BCUT2D eigenvalue weighted by Gasteiger charge is -2.41. The second-order valence-corrected chi connectivity index (χ2v) is 10.7. The van der Waals surface area contributed by atoms with Gasteiger partial charge in [-0.05, 0) is 61.3 Å². The van der Waals surface area contributed by atoms with Crippen molar-refractivity contribution in [1.29, 1.82) is 0 Å². The van der Waals surface area contributed by atoms with E-state index in [9.17, 15) is 8.42 Å². The number of hydrogen-bond donors (Lipinski definition) is 0. The van der Waals surface area contributed by atoms with Crippen LogP contribution in [0.4, 0.5) is 0 Å². The van der Waals surface area contributed by atoms with Gasteiger partial charge in [0.25, 0.3) is 0 Å². The molecule has 0 saturated carbocycles. The van der Waals surface area contributed by atoms with Crippen molar-refractivity contribution in [2.24, 2.45) is 0 Å². The summed E-state index contributed by atoms with van der Waals surface area (Å²) >= 11 is 0. The Hall–Kier alpha value is -2.96. The minimum atomic E-state index is -3.16. The molecule has 2 aromatic carbocycles. The number of nitrogens with zero attached hydrogens (tertiary/aromatic N) is 3. The molecule has 3 heterocycles. The third-order valence-corrected chi connectivity index (χ3v) is 7.78. The summed E-state index contributed by atoms with van der Waals surface area (Å²) in [6.07, 6.45) is 7.46. The molecule has 0 N–H and O–H groups in total. The summed E-state index contributed by atoms with van der Waals surface area (Å²) in [5, 5.41) is 0. The van der Waals surface area contributed by atoms with E-state index in [4.69, 9.17) is 4.98 Å². The average molecular weight is 446 g/mol. The molecule has 4 aromatic rings. The van der Waals surface area contributed by atoms with Gasteiger partial charge in [-0.25, -0.2) is 13.4 Å². The van der Waals surface area contributed by atoms with Crippen molar-refractivity contribution in [1.82, 2.24) is 14.3 Å². The molecule has 1 aliphatic rings. The number of piperidine rings is 1. The van der Waals surface area contributed by atoms with Crippen LogP contribution in [0.25, 0.3) is 5.65 Å². The number of pyridine rings is 1. The summed E-state index contributed by atoms with van der Waals surface area (Å²) in [5.74, 6) is 0. The van der Waals surface area contributed by atoms with Crippen LogP contribution in [0.15, 0.2) is 90.1 Å². The molecule has 1 aliphatic heterocycles. The average Bonchev–Trinajstić information content (AvgIpc) is 3.25. The first-order chi connectivity index (χ1) is 15.4. The third-order valence-electron chi connectivity index (χ3n) is 6.65. The van der Waals surface area contributed by atoms with E-state index in [-0.39, 0.29) is 5.41 Å². The topological polar surface area (TPSA) is 54.7 Å². The Morgan fingerprint density at radius 2 is 1.59 bits per heavy atom. The SMILES string of the molecule is CS(=O)(=O)c1ccc(CN2CCC(c3ccccc3)(c3cn4ccccc4n3)CC2)cc1. The number of sulfone groups is 1. The van der Waals surface area contributed by atoms with Crippen LogP contribution >= 0.6 is 0 Å². The number of aromatic nitrogens is 2. The third kappa shape index (κ3) is 3.96. The van der Waals surface area contributed by atoms with Crippen molar-refractivity contribution < 1.29 is 8.42 Å². The molecule has 0 aliphatic carbocycles. The molecule has 1 saturated heterocycles. The van der Waals surface area contributed by atoms with Gasteiger partial charge in [-0.3, -0.25) is 4.90 Å². The van der Waals surface area contributed by atoms with Crippen LogP contribution < -0.4 is 0 Å². The van der Waals surface area contributed by atoms with Crippen molar-refractivity contribution >= 4 is 15.5 Å². The molecule has 0 bridgehead atoms. The maximum absolute atomic E-state index is 11.7. The molecule has 6 heteroatoms. The highest BCUT2D eigenvalue weighted by Gasteiger charge is 2.39. The standard InChI is InChI=1S/C26H27N3O2S/c1-32(30,31)23-12-10-21(11-13-23)19-28-17-14-26(15-18-28,22-7-3-2-4-8-22)24-20-29-16-6-5-9-25(29)27-24/h2-13,16,20H,14-15,17-19H2,1H3. The van der Waals surface area contributed by atoms with E-state index in [2.05, 4.69) is 58.1 Å². The number of fused-ring (bicyclic) bond motifs is 1. The van der Waals surface area contributed by atoms with E-state index in [1.54, 1.807) is 12.1 Å². The molecule has 0 atom stereocenters. The Morgan fingerprint density at radius 3 is 2.25 bits per heavy atom. The van der Waals surface area contributed by atoms with Crippen molar-refractivity contribution in [3.8, 4) is 0 Å². The quantitative estimate of drug-likeness (QED) is 0.459. The summed E-state index contributed by atoms with van der Waals surface area (Å²) in [6, 6.07) is 24.1. The molecule has 5 rings (SSSR count). The van der Waals surface area contributed by atoms with Crippen molar-refractivity contribution in [3.63, 3.8) is 0 Å². The van der Waals surface area contributed by atoms with Gasteiger partial charge >= 0.3 is 0 Å². The first-order valence-corrected chi connectivity index (χ1v) is 12.8. The largest absolute Gasteiger partial charge is 0.307 e. The Balaban J connectivity index is 1.39. The van der Waals surface area contributed by atoms with Gasteiger partial charge in [0.05, 0.1) is 10.6 Å². The fourth-order valence-corrected chi connectivity index (χ4v) is 5.44. The summed E-state index contributed by atoms with van der Waals surface area (Å²) in [5.41, 5.74) is 4.46. The van der Waals surface area contributed by atoms with E-state index in [1.807, 2.05) is 24.3 Å². The molecule has 2 aromatic heterocycles. The smallest absolute Gasteiger partial charge is 0.175 e. The lowest BCUT2D eigenvalue weighted by molar-refractivity contribution is 0.170. The number of likely N-dealkylation sites (tertiary alicyclic amines) is 1. The number of imidazole rings is 1. The predicted molar refractivity (Wildman–Crippen MR) is 126 cm³/mol. The highest BCUT2D eigenvalue weighted by molar-refractivity contribution is 7.90. The van der Waals surface area contributed by atoms with Gasteiger partial charge in [0.1, 0.15) is 5.65 Å². The molecule has 164 valence electrons. The maximum atomic E-state index is 11.7. The Kier molecular flexibility index (Phi) is 5.35. The van der Waals surface area contributed by atoms with Gasteiger partial charge in [0, 0.05) is 30.6 Å². The maximum Gasteiger partial charge on any atom is 0.175 e. The van der Waals surface area contributed by atoms with Gasteiger partial charge in [-0.2, -0.15) is 0 Å². The molecule has 0 spiro atoms. The first kappa shape index (κ1) is 20.9. The molecule has 0 unspecified atom stereocenters. The van der Waals surface area contributed by atoms with Crippen LogP contribution in [-0.4, -0.2) is 42.0 Å². The predicted octanol–water partition coefficient (Wildman–Crippen LogP) is 4.32. The van der Waals surface area contributed by atoms with Crippen molar-refractivity contribution in [2.45, 2.75) is 29.7 Å². The van der Waals surface area contributed by atoms with E-state index in [0.29, 0.717) is 4.90 Å². The molecule has 1 fully saturated rings. The Labute approximate surface area is 189 Å². The van der Waals surface area contributed by atoms with Gasteiger partial charge in [0.15, 0.2) is 9.84 Å². The lowest BCUT2D eigenvalue weighted by atomic mass is 9.70. The molecule has 32 heavy (non-hydrogen) atoms. The van der Waals surface area contributed by atoms with Gasteiger partial charge in [-0.15, -0.1) is 0 Å². The number of benzene rings is 2. The van der Waals surface area contributed by atoms with E-state index in [0.717, 1.165) is 49.4 Å². The van der Waals surface area contributed by atoms with E-state index in [1.165, 1.54) is 11.8 Å². The normalized spacial score (nSPS) is 16.9. The zero-order valence-electron chi connectivity index (χ0n) is 18.2. The fourth-order valence-electron chi connectivity index (χ4n) is 4.81. The summed E-state index contributed by atoms with van der Waals surface area (Å²) < 4.78 is 25.6. The minimum Gasteiger partial charge on any atom is -0.307 e. The molecule has 0 radical (unpaired) electrons. The molecular weight excluding hydrogens is 418 g/mol. The zero-order chi connectivity index (χ0) is 22.2. The van der Waals surface area contributed by atoms with E-state index < -0.39 is 9.84 Å². The summed E-state index contributed by atoms with van der Waals surface area (Å²) in [4.78, 5) is 7.84. The highest BCUT2D eigenvalue weighted by atomic mass is 32.2. The van der Waals surface area contributed by atoms with Crippen LogP contribution in [0.2, 0.25) is 0 Å². The van der Waals surface area contributed by atoms with Crippen molar-refractivity contribution in [2.75, 3.05) is 19.3 Å². The molecule has 0 amide bonds. The van der Waals surface area contributed by atoms with Crippen LogP contribution in [0.5, 0.6) is 0 Å². The summed E-state index contributed by atoms with van der Waals surface area (Å²) in [6.45, 7) is 2.73. The molecule has 5 nitrogen and oxygen atoms in total. The first-order valence-electron chi connectivity index (χ1n) is 11.0. The zero-order valence-corrected chi connectivity index (χ0v) is 19.0. The van der Waals surface area contributed by atoms with Crippen LogP contribution in [0.3, 0.4) is 0 Å². The molecular formula is C26H27N3O2S. The van der Waals surface area contributed by atoms with Gasteiger partial charge in [0.2, 0.25) is 0 Å². The Bertz CT molecular complexity index is 1290. The van der Waals surface area contributed by atoms with Gasteiger partial charge < -0.3 is 4.40 Å². The second kappa shape index (κ2) is 8.19. The van der Waals surface area contributed by atoms with Gasteiger partial charge in [-0.1, -0.05) is 48.5 Å². The summed E-state index contributed by atoms with van der Waals surface area (Å²) in [7, 11) is -3.16. The highest BCUT2D eigenvalue weighted by Crippen LogP contribution is 2.41. The minimum absolute atomic E-state index is 0.107. The lowest BCUT2D eigenvalue weighted by Crippen LogP contribution is -2.43. The van der Waals surface area contributed by atoms with Crippen molar-refractivity contribution in [3.05, 3.63) is 102 Å². The van der Waals surface area contributed by atoms with E-state index >= 15 is 0 Å². The number of rotatable bonds is 5. The van der Waals surface area contributed by atoms with Crippen LogP contribution in [0.1, 0.15) is 29.7 Å². The fraction of sp³-hybridized carbons (Fsp3) is 0.269. The van der Waals surface area contributed by atoms with Crippen LogP contribution in [-0.2, 0) is 21.8 Å². The second-order valence-electron chi connectivity index (χ2n) is 8.73.